The van der Waals surface area contributed by atoms with E-state index in [2.05, 4.69) is 39.7 Å². The summed E-state index contributed by atoms with van der Waals surface area (Å²) in [6.07, 6.45) is 2.70. The number of nitro groups is 1. The molecule has 1 aromatic carbocycles. The number of esters is 2. The van der Waals surface area contributed by atoms with Crippen molar-refractivity contribution in [1.82, 2.24) is 30.2 Å². The van der Waals surface area contributed by atoms with E-state index in [0.29, 0.717) is 6.41 Å². The van der Waals surface area contributed by atoms with Crippen LogP contribution in [-0.2, 0) is 30.4 Å². The van der Waals surface area contributed by atoms with E-state index in [4.69, 9.17) is 0 Å². The number of aliphatic imine (C=N–C) groups is 1. The SMILES string of the molecule is COC(=O)CC[C@H](NC(=O)c1ccc(N(C=O)Cc2cnc3nc(/N=C/N(C)C)[nH]c(=O)c3n2)cc1[N+](=O)[O-])C(=O)OC. The molecule has 2 aromatic heterocycles. The number of ether oxygens (including phenoxy) is 2. The number of nitrogens with one attached hydrogen (secondary N) is 2. The van der Waals surface area contributed by atoms with Crippen LogP contribution in [0.25, 0.3) is 11.2 Å². The number of aromatic amines is 1. The summed E-state index contributed by atoms with van der Waals surface area (Å²) in [4.78, 5) is 93.7. The lowest BCUT2D eigenvalue weighted by Crippen LogP contribution is -2.42. The molecule has 0 aliphatic heterocycles. The fraction of sp³-hybridized carbons (Fsp3) is 0.320. The van der Waals surface area contributed by atoms with Crippen molar-refractivity contribution >= 4 is 59.1 Å². The molecule has 0 saturated carbocycles. The number of hydrogen-bond acceptors (Lipinski definition) is 13. The zero-order chi connectivity index (χ0) is 31.7. The molecule has 18 nitrogen and oxygen atoms in total. The van der Waals surface area contributed by atoms with E-state index in [1.165, 1.54) is 18.6 Å². The second-order valence-corrected chi connectivity index (χ2v) is 8.99. The van der Waals surface area contributed by atoms with Gasteiger partial charge in [0.15, 0.2) is 11.2 Å². The molecule has 0 saturated heterocycles. The van der Waals surface area contributed by atoms with Gasteiger partial charge in [-0.2, -0.15) is 4.98 Å². The first-order chi connectivity index (χ1) is 20.5. The highest BCUT2D eigenvalue weighted by atomic mass is 16.6. The summed E-state index contributed by atoms with van der Waals surface area (Å²) in [6.45, 7) is -0.243. The van der Waals surface area contributed by atoms with Crippen molar-refractivity contribution in [2.45, 2.75) is 25.4 Å². The second kappa shape index (κ2) is 14.2. The van der Waals surface area contributed by atoms with E-state index in [1.54, 1.807) is 19.0 Å². The van der Waals surface area contributed by atoms with Gasteiger partial charge >= 0.3 is 11.9 Å². The van der Waals surface area contributed by atoms with E-state index < -0.39 is 45.6 Å². The van der Waals surface area contributed by atoms with Gasteiger partial charge in [0.05, 0.1) is 49.6 Å². The average Bonchev–Trinajstić information content (AvgIpc) is 2.99. The molecule has 2 heterocycles. The number of amides is 2. The van der Waals surface area contributed by atoms with Gasteiger partial charge < -0.3 is 24.6 Å². The zero-order valence-corrected chi connectivity index (χ0v) is 23.5. The highest BCUT2D eigenvalue weighted by Crippen LogP contribution is 2.26. The molecule has 3 aromatic rings. The van der Waals surface area contributed by atoms with Crippen LogP contribution in [0.2, 0.25) is 0 Å². The molecule has 0 fully saturated rings. The number of nitro benzene ring substituents is 1. The minimum Gasteiger partial charge on any atom is -0.469 e. The van der Waals surface area contributed by atoms with Gasteiger partial charge in [-0.1, -0.05) is 0 Å². The predicted molar refractivity (Wildman–Crippen MR) is 150 cm³/mol. The van der Waals surface area contributed by atoms with Crippen LogP contribution < -0.4 is 15.8 Å². The first kappa shape index (κ1) is 31.7. The Morgan fingerprint density at radius 3 is 2.58 bits per heavy atom. The lowest BCUT2D eigenvalue weighted by molar-refractivity contribution is -0.385. The third-order valence-electron chi connectivity index (χ3n) is 5.74. The van der Waals surface area contributed by atoms with E-state index in [-0.39, 0.29) is 47.9 Å². The highest BCUT2D eigenvalue weighted by molar-refractivity contribution is 6.01. The molecular weight excluding hydrogens is 570 g/mol. The first-order valence-electron chi connectivity index (χ1n) is 12.4. The Labute approximate surface area is 242 Å². The zero-order valence-electron chi connectivity index (χ0n) is 23.5. The highest BCUT2D eigenvalue weighted by Gasteiger charge is 2.28. The summed E-state index contributed by atoms with van der Waals surface area (Å²) >= 11 is 0. The molecule has 2 amide bonds. The van der Waals surface area contributed by atoms with Crippen molar-refractivity contribution < 1.29 is 33.6 Å². The molecule has 18 heteroatoms. The van der Waals surface area contributed by atoms with Gasteiger partial charge in [-0.25, -0.2) is 19.8 Å². The molecule has 43 heavy (non-hydrogen) atoms. The second-order valence-electron chi connectivity index (χ2n) is 8.99. The Hall–Kier alpha value is -5.81. The number of fused-ring (bicyclic) bond motifs is 1. The maximum Gasteiger partial charge on any atom is 0.328 e. The number of rotatable bonds is 13. The van der Waals surface area contributed by atoms with Crippen LogP contribution in [0.3, 0.4) is 0 Å². The molecule has 0 radical (unpaired) electrons. The minimum absolute atomic E-state index is 0.0129. The summed E-state index contributed by atoms with van der Waals surface area (Å²) in [5.74, 6) is -2.48. The van der Waals surface area contributed by atoms with E-state index in [0.717, 1.165) is 31.3 Å². The summed E-state index contributed by atoms with van der Waals surface area (Å²) in [7, 11) is 5.71. The quantitative estimate of drug-likeness (QED) is 0.0671. The Balaban J connectivity index is 1.87. The summed E-state index contributed by atoms with van der Waals surface area (Å²) in [5, 5.41) is 14.2. The van der Waals surface area contributed by atoms with Gasteiger partial charge in [0, 0.05) is 26.6 Å². The first-order valence-corrected chi connectivity index (χ1v) is 12.4. The van der Waals surface area contributed by atoms with Crippen molar-refractivity contribution in [3.63, 3.8) is 0 Å². The van der Waals surface area contributed by atoms with Gasteiger partial charge in [0.2, 0.25) is 12.4 Å². The van der Waals surface area contributed by atoms with E-state index in [1.807, 2.05) is 0 Å². The lowest BCUT2D eigenvalue weighted by atomic mass is 10.1. The van der Waals surface area contributed by atoms with Crippen molar-refractivity contribution in [3.05, 3.63) is 56.1 Å². The molecule has 3 rings (SSSR count). The third kappa shape index (κ3) is 8.12. The Kier molecular flexibility index (Phi) is 10.5. The maximum absolute atomic E-state index is 12.9. The number of hydrogen-bond donors (Lipinski definition) is 2. The molecule has 226 valence electrons. The topological polar surface area (TPSA) is 232 Å². The van der Waals surface area contributed by atoms with Gasteiger partial charge in [-0.15, -0.1) is 0 Å². The molecule has 0 spiro atoms. The maximum atomic E-state index is 12.9. The average molecular weight is 598 g/mol. The van der Waals surface area contributed by atoms with Crippen LogP contribution in [0.4, 0.5) is 17.3 Å². The Morgan fingerprint density at radius 2 is 1.95 bits per heavy atom. The van der Waals surface area contributed by atoms with Crippen LogP contribution in [0.5, 0.6) is 0 Å². The van der Waals surface area contributed by atoms with Gasteiger partial charge in [0.25, 0.3) is 17.2 Å². The van der Waals surface area contributed by atoms with E-state index >= 15 is 0 Å². The largest absolute Gasteiger partial charge is 0.469 e. The number of benzene rings is 1. The molecule has 0 unspecified atom stereocenters. The number of methoxy groups -OCH3 is 2. The molecular formula is C25H27N9O9. The molecule has 0 aliphatic carbocycles. The fourth-order valence-corrected chi connectivity index (χ4v) is 3.65. The van der Waals surface area contributed by atoms with Crippen LogP contribution >= 0.6 is 0 Å². The van der Waals surface area contributed by atoms with Crippen molar-refractivity contribution in [3.8, 4) is 0 Å². The van der Waals surface area contributed by atoms with Crippen molar-refractivity contribution in [2.24, 2.45) is 4.99 Å². The summed E-state index contributed by atoms with van der Waals surface area (Å²) in [5.41, 5.74) is -1.62. The monoisotopic (exact) mass is 597 g/mol. The fourth-order valence-electron chi connectivity index (χ4n) is 3.65. The number of carbonyl (C=O) groups excluding carboxylic acids is 4. The van der Waals surface area contributed by atoms with Gasteiger partial charge in [-0.3, -0.25) is 34.3 Å². The predicted octanol–water partition coefficient (Wildman–Crippen LogP) is 0.230. The number of nitrogens with zero attached hydrogens (tertiary/aromatic N) is 7. The van der Waals surface area contributed by atoms with E-state index in [9.17, 15) is 34.1 Å². The van der Waals surface area contributed by atoms with Crippen molar-refractivity contribution in [1.29, 1.82) is 0 Å². The number of H-pyrrole nitrogens is 1. The third-order valence-corrected chi connectivity index (χ3v) is 5.74. The normalized spacial score (nSPS) is 11.5. The molecule has 0 aliphatic rings. The number of carbonyl (C=O) groups is 4. The lowest BCUT2D eigenvalue weighted by Gasteiger charge is -2.18. The van der Waals surface area contributed by atoms with Crippen LogP contribution in [0.15, 0.2) is 34.2 Å². The molecule has 2 N–H and O–H groups in total. The number of aromatic nitrogens is 4. The number of anilines is 1. The summed E-state index contributed by atoms with van der Waals surface area (Å²) < 4.78 is 9.17. The Bertz CT molecular complexity index is 1640. The van der Waals surface area contributed by atoms with Gasteiger partial charge in [-0.05, 0) is 18.6 Å². The van der Waals surface area contributed by atoms with Crippen LogP contribution in [0.1, 0.15) is 28.9 Å². The molecule has 0 bridgehead atoms. The molecule has 1 atom stereocenters. The van der Waals surface area contributed by atoms with Gasteiger partial charge in [0.1, 0.15) is 11.6 Å². The van der Waals surface area contributed by atoms with Crippen LogP contribution in [-0.4, -0.2) is 94.7 Å². The van der Waals surface area contributed by atoms with Crippen LogP contribution in [0, 0.1) is 10.1 Å². The standard InChI is InChI=1S/C25H27N9O9/c1-32(2)12-27-25-30-21-20(23(38)31-25)28-14(10-26-21)11-33(13-35)15-5-6-16(18(9-15)34(40)41)22(37)29-17(24(39)43-4)7-8-19(36)42-3/h5-6,9-10,12-13,17H,7-8,11H2,1-4H3,(H,29,37)(H,26,30,31,38)/b27-12+/t17-/m0/s1. The minimum atomic E-state index is -1.29. The van der Waals surface area contributed by atoms with Crippen molar-refractivity contribution in [2.75, 3.05) is 33.2 Å². The summed E-state index contributed by atoms with van der Waals surface area (Å²) in [6, 6.07) is 2.07. The Morgan fingerprint density at radius 1 is 1.21 bits per heavy atom. The smallest absolute Gasteiger partial charge is 0.328 e.